The van der Waals surface area contributed by atoms with Crippen molar-refractivity contribution < 1.29 is 4.74 Å². The molecule has 3 aliphatic carbocycles. The molecule has 0 saturated heterocycles. The quantitative estimate of drug-likeness (QED) is 0.724. The first-order valence-electron chi connectivity index (χ1n) is 6.36. The van der Waals surface area contributed by atoms with E-state index in [1.54, 1.807) is 7.11 Å². The van der Waals surface area contributed by atoms with Crippen molar-refractivity contribution in [1.29, 1.82) is 0 Å². The molecule has 1 nitrogen and oxygen atoms in total. The highest BCUT2D eigenvalue weighted by atomic mass is 16.5. The summed E-state index contributed by atoms with van der Waals surface area (Å²) in [6, 6.07) is 4.41. The number of ether oxygens (including phenoxy) is 1. The highest BCUT2D eigenvalue weighted by molar-refractivity contribution is 5.84. The molecule has 0 radical (unpaired) electrons. The van der Waals surface area contributed by atoms with Crippen LogP contribution in [0.2, 0.25) is 0 Å². The molecular weight excluding hydrogens is 220 g/mol. The van der Waals surface area contributed by atoms with Crippen LogP contribution in [0.25, 0.3) is 17.4 Å². The molecule has 0 bridgehead atoms. The van der Waals surface area contributed by atoms with Crippen LogP contribution in [-0.2, 0) is 4.74 Å². The summed E-state index contributed by atoms with van der Waals surface area (Å²) < 4.78 is 5.54. The third-order valence-electron chi connectivity index (χ3n) is 4.03. The maximum absolute atomic E-state index is 5.54. The van der Waals surface area contributed by atoms with Gasteiger partial charge in [0.15, 0.2) is 0 Å². The van der Waals surface area contributed by atoms with E-state index >= 15 is 0 Å². The number of rotatable bonds is 1. The van der Waals surface area contributed by atoms with E-state index in [4.69, 9.17) is 4.74 Å². The zero-order valence-electron chi connectivity index (χ0n) is 10.3. The van der Waals surface area contributed by atoms with Gasteiger partial charge in [-0.1, -0.05) is 48.6 Å². The Morgan fingerprint density at radius 3 is 3.06 bits per heavy atom. The van der Waals surface area contributed by atoms with Gasteiger partial charge in [-0.25, -0.2) is 0 Å². The van der Waals surface area contributed by atoms with Gasteiger partial charge in [0, 0.05) is 17.6 Å². The van der Waals surface area contributed by atoms with E-state index in [1.165, 1.54) is 27.1 Å². The summed E-state index contributed by atoms with van der Waals surface area (Å²) in [6.45, 7) is 0. The summed E-state index contributed by atoms with van der Waals surface area (Å²) in [5.74, 6) is 1.51. The van der Waals surface area contributed by atoms with Gasteiger partial charge >= 0.3 is 0 Å². The number of hydrogen-bond acceptors (Lipinski definition) is 1. The average molecular weight is 234 g/mol. The number of benzene rings is 1. The Bertz CT molecular complexity index is 745. The first-order valence-corrected chi connectivity index (χ1v) is 6.36. The molecule has 0 spiro atoms. The minimum Gasteiger partial charge on any atom is -0.500 e. The zero-order chi connectivity index (χ0) is 12.1. The van der Waals surface area contributed by atoms with Crippen LogP contribution in [0.15, 0.2) is 42.5 Å². The second kappa shape index (κ2) is 3.49. The van der Waals surface area contributed by atoms with Crippen LogP contribution in [0, 0.1) is 0 Å². The van der Waals surface area contributed by atoms with Gasteiger partial charge < -0.3 is 4.74 Å². The second-order valence-electron chi connectivity index (χ2n) is 4.92. The highest BCUT2D eigenvalue weighted by Crippen LogP contribution is 2.33. The Hall–Kier alpha value is -2.02. The smallest absolute Gasteiger partial charge is 0.107 e. The van der Waals surface area contributed by atoms with Crippen LogP contribution in [0.5, 0.6) is 0 Å². The van der Waals surface area contributed by atoms with Crippen molar-refractivity contribution in [2.75, 3.05) is 7.11 Å². The molecule has 88 valence electrons. The monoisotopic (exact) mass is 234 g/mol. The van der Waals surface area contributed by atoms with Gasteiger partial charge in [-0.05, 0) is 21.9 Å². The zero-order valence-corrected chi connectivity index (χ0v) is 10.3. The average Bonchev–Trinajstić information content (AvgIpc) is 2.44. The van der Waals surface area contributed by atoms with Crippen LogP contribution in [-0.4, -0.2) is 7.11 Å². The van der Waals surface area contributed by atoms with E-state index in [2.05, 4.69) is 48.6 Å². The van der Waals surface area contributed by atoms with Gasteiger partial charge in [-0.3, -0.25) is 0 Å². The lowest BCUT2D eigenvalue weighted by Gasteiger charge is -2.26. The van der Waals surface area contributed by atoms with Crippen molar-refractivity contribution in [2.24, 2.45) is 0 Å². The standard InChI is InChI=1S/C17H14O/c1-18-15-10-8-13-6-5-11-3-2-4-12-7-9-14(15)17(13)16(11)12/h2-9,11H,10H2,1H3. The van der Waals surface area contributed by atoms with Gasteiger partial charge in [0.05, 0.1) is 7.11 Å². The molecule has 1 atom stereocenters. The van der Waals surface area contributed by atoms with Crippen LogP contribution in [0.4, 0.5) is 0 Å². The van der Waals surface area contributed by atoms with E-state index in [9.17, 15) is 0 Å². The Morgan fingerprint density at radius 1 is 1.22 bits per heavy atom. The molecule has 4 rings (SSSR count). The molecule has 1 aromatic carbocycles. The third kappa shape index (κ3) is 1.16. The van der Waals surface area contributed by atoms with Gasteiger partial charge in [0.1, 0.15) is 5.76 Å². The molecule has 1 heteroatoms. The van der Waals surface area contributed by atoms with Crippen LogP contribution in [0.1, 0.15) is 23.5 Å². The normalized spacial score (nSPS) is 22.2. The third-order valence-corrected chi connectivity index (χ3v) is 4.03. The molecule has 0 fully saturated rings. The van der Waals surface area contributed by atoms with Crippen LogP contribution >= 0.6 is 0 Å². The van der Waals surface area contributed by atoms with E-state index in [-0.39, 0.29) is 0 Å². The maximum atomic E-state index is 5.54. The topological polar surface area (TPSA) is 9.23 Å². The SMILES string of the molecule is COC1=c2ccc3c4c2C(=CC1)C=CC4C=CC=3. The van der Waals surface area contributed by atoms with Crippen molar-refractivity contribution in [2.45, 2.75) is 12.3 Å². The van der Waals surface area contributed by atoms with Crippen molar-refractivity contribution in [3.05, 3.63) is 64.1 Å². The van der Waals surface area contributed by atoms with E-state index in [1.807, 2.05) is 0 Å². The lowest BCUT2D eigenvalue weighted by atomic mass is 9.79. The maximum Gasteiger partial charge on any atom is 0.107 e. The fourth-order valence-electron chi connectivity index (χ4n) is 3.19. The molecular formula is C17H14O. The predicted octanol–water partition coefficient (Wildman–Crippen LogP) is 2.23. The van der Waals surface area contributed by atoms with Gasteiger partial charge in [-0.15, -0.1) is 0 Å². The Balaban J connectivity index is 2.20. The van der Waals surface area contributed by atoms with Gasteiger partial charge in [-0.2, -0.15) is 0 Å². The van der Waals surface area contributed by atoms with Crippen molar-refractivity contribution in [3.63, 3.8) is 0 Å². The largest absolute Gasteiger partial charge is 0.500 e. The van der Waals surface area contributed by atoms with E-state index < -0.39 is 0 Å². The molecule has 0 saturated carbocycles. The van der Waals surface area contributed by atoms with Gasteiger partial charge in [0.2, 0.25) is 0 Å². The van der Waals surface area contributed by atoms with Gasteiger partial charge in [0.25, 0.3) is 0 Å². The molecule has 0 aliphatic heterocycles. The fourth-order valence-corrected chi connectivity index (χ4v) is 3.19. The van der Waals surface area contributed by atoms with E-state index in [0.29, 0.717) is 5.92 Å². The number of allylic oxidation sites excluding steroid dienone is 5. The lowest BCUT2D eigenvalue weighted by molar-refractivity contribution is 0.354. The summed E-state index contributed by atoms with van der Waals surface area (Å²) in [7, 11) is 1.77. The summed E-state index contributed by atoms with van der Waals surface area (Å²) in [6.07, 6.45) is 14.3. The first kappa shape index (κ1) is 9.95. The number of methoxy groups -OCH3 is 1. The summed E-state index contributed by atoms with van der Waals surface area (Å²) >= 11 is 0. The minimum absolute atomic E-state index is 0.424. The highest BCUT2D eigenvalue weighted by Gasteiger charge is 2.23. The lowest BCUT2D eigenvalue weighted by Crippen LogP contribution is -2.28. The Morgan fingerprint density at radius 2 is 2.17 bits per heavy atom. The molecule has 18 heavy (non-hydrogen) atoms. The molecule has 0 N–H and O–H groups in total. The summed E-state index contributed by atoms with van der Waals surface area (Å²) in [5.41, 5.74) is 4.17. The minimum atomic E-state index is 0.424. The molecule has 0 amide bonds. The Labute approximate surface area is 106 Å². The van der Waals surface area contributed by atoms with Crippen LogP contribution in [0.3, 0.4) is 0 Å². The Kier molecular flexibility index (Phi) is 1.93. The predicted molar refractivity (Wildman–Crippen MR) is 74.2 cm³/mol. The molecule has 0 heterocycles. The van der Waals surface area contributed by atoms with Crippen molar-refractivity contribution in [3.8, 4) is 0 Å². The molecule has 0 aromatic heterocycles. The number of hydrogen-bond donors (Lipinski definition) is 0. The fraction of sp³-hybridized carbons (Fsp3) is 0.176. The second-order valence-corrected chi connectivity index (χ2v) is 4.92. The summed E-state index contributed by atoms with van der Waals surface area (Å²) in [5, 5.41) is 2.61. The van der Waals surface area contributed by atoms with Crippen molar-refractivity contribution >= 4 is 17.4 Å². The molecule has 1 aromatic rings. The molecule has 1 unspecified atom stereocenters. The van der Waals surface area contributed by atoms with E-state index in [0.717, 1.165) is 12.2 Å². The van der Waals surface area contributed by atoms with Crippen LogP contribution < -0.4 is 10.4 Å². The van der Waals surface area contributed by atoms with Crippen molar-refractivity contribution in [1.82, 2.24) is 0 Å². The summed E-state index contributed by atoms with van der Waals surface area (Å²) in [4.78, 5) is 0. The first-order chi connectivity index (χ1) is 8.88. The molecule has 3 aliphatic rings.